The van der Waals surface area contributed by atoms with Crippen LogP contribution in [0.25, 0.3) is 0 Å². The molecule has 0 amide bonds. The van der Waals surface area contributed by atoms with Crippen molar-refractivity contribution in [2.24, 2.45) is 0 Å². The van der Waals surface area contributed by atoms with Crippen molar-refractivity contribution in [3.8, 4) is 0 Å². The van der Waals surface area contributed by atoms with Crippen molar-refractivity contribution in [3.05, 3.63) is 0 Å². The van der Waals surface area contributed by atoms with Gasteiger partial charge in [-0.2, -0.15) is 0 Å². The molecule has 1 saturated heterocycles. The van der Waals surface area contributed by atoms with Gasteiger partial charge in [-0.3, -0.25) is 0 Å². The van der Waals surface area contributed by atoms with E-state index in [-0.39, 0.29) is 17.4 Å². The summed E-state index contributed by atoms with van der Waals surface area (Å²) in [5, 5.41) is 0.269. The number of hydrogen-bond donors (Lipinski definition) is 0. The van der Waals surface area contributed by atoms with Crippen molar-refractivity contribution in [2.45, 2.75) is 87.5 Å². The van der Waals surface area contributed by atoms with Crippen LogP contribution >= 0.6 is 8.25 Å². The fourth-order valence-electron chi connectivity index (χ4n) is 2.21. The van der Waals surface area contributed by atoms with E-state index in [1.807, 2.05) is 0 Å². The summed E-state index contributed by atoms with van der Waals surface area (Å²) in [6.07, 6.45) is 3.44. The molecule has 0 aromatic carbocycles. The summed E-state index contributed by atoms with van der Waals surface area (Å²) < 4.78 is 19.3. The molecule has 1 heterocycles. The summed E-state index contributed by atoms with van der Waals surface area (Å²) in [5.74, 6) is 0. The van der Waals surface area contributed by atoms with Gasteiger partial charge in [-0.1, -0.05) is 0 Å². The third kappa shape index (κ3) is 6.76. The van der Waals surface area contributed by atoms with E-state index in [0.29, 0.717) is 6.10 Å². The molecule has 3 nitrogen and oxygen atoms in total. The van der Waals surface area contributed by atoms with Gasteiger partial charge in [-0.05, 0) is 0 Å². The van der Waals surface area contributed by atoms with Crippen molar-refractivity contribution >= 4 is 16.6 Å². The average Bonchev–Trinajstić information content (AvgIpc) is 2.37. The van der Waals surface area contributed by atoms with E-state index in [9.17, 15) is 0 Å². The average molecular weight is 524 g/mol. The van der Waals surface area contributed by atoms with E-state index in [1.165, 1.54) is 0 Å². The standard InChI is InChI=1S/C15H31O3Si.ClH.Hg/c1-8-14-17-12(2)11-13(18-14)9-10-16-19(6,7)15(3,4)5;;/h12-14H,2,8-11H2,1,3-7H3;1H;/q;;+1/p-1/t12-,13+,14-;;/m1../s1. The number of ether oxygens (including phenoxy) is 2. The first kappa shape index (κ1) is 20.4. The first-order chi connectivity index (χ1) is 9.69. The maximum atomic E-state index is 6.27. The van der Waals surface area contributed by atoms with Crippen LogP contribution in [0.1, 0.15) is 47.0 Å². The Morgan fingerprint density at radius 2 is 1.86 bits per heavy atom. The van der Waals surface area contributed by atoms with E-state index in [2.05, 4.69) is 40.8 Å². The van der Waals surface area contributed by atoms with E-state index in [0.717, 1.165) is 29.8 Å². The molecular weight excluding hydrogens is 492 g/mol. The third-order valence-electron chi connectivity index (χ3n) is 4.69. The zero-order valence-electron chi connectivity index (χ0n) is 14.6. The van der Waals surface area contributed by atoms with Gasteiger partial charge in [0.25, 0.3) is 0 Å². The molecule has 0 spiro atoms. The molecule has 0 N–H and O–H groups in total. The van der Waals surface area contributed by atoms with Crippen molar-refractivity contribution in [2.75, 3.05) is 6.61 Å². The zero-order valence-corrected chi connectivity index (χ0v) is 21.8. The molecule has 1 fully saturated rings. The van der Waals surface area contributed by atoms with Crippen LogP contribution in [-0.4, -0.2) is 33.4 Å². The molecule has 3 atom stereocenters. The summed E-state index contributed by atoms with van der Waals surface area (Å²) in [6, 6.07) is 0. The topological polar surface area (TPSA) is 27.7 Å². The van der Waals surface area contributed by atoms with Crippen molar-refractivity contribution in [1.82, 2.24) is 0 Å². The van der Waals surface area contributed by atoms with Gasteiger partial charge in [-0.15, -0.1) is 0 Å². The Bertz CT molecular complexity index is 310. The van der Waals surface area contributed by atoms with Gasteiger partial charge in [-0.25, -0.2) is 0 Å². The molecular formula is C15H31ClHgO3Si. The summed E-state index contributed by atoms with van der Waals surface area (Å²) in [7, 11) is 4.43. The van der Waals surface area contributed by atoms with Gasteiger partial charge in [0.05, 0.1) is 0 Å². The SMILES string of the molecule is CC[C@@H]1O[C@H]([CH2][Hg][Cl])C[C@H](CCO[Si](C)(C)C(C)(C)C)O1. The fraction of sp³-hybridized carbons (Fsp3) is 1.00. The van der Waals surface area contributed by atoms with Gasteiger partial charge in [0.15, 0.2) is 0 Å². The summed E-state index contributed by atoms with van der Waals surface area (Å²) in [6.45, 7) is 14.4. The quantitative estimate of drug-likeness (QED) is 0.442. The van der Waals surface area contributed by atoms with Crippen LogP contribution < -0.4 is 0 Å². The van der Waals surface area contributed by atoms with Crippen LogP contribution in [0.2, 0.25) is 22.1 Å². The first-order valence-corrected chi connectivity index (χ1v) is 21.8. The van der Waals surface area contributed by atoms with Gasteiger partial charge in [0.1, 0.15) is 0 Å². The van der Waals surface area contributed by atoms with E-state index >= 15 is 0 Å². The van der Waals surface area contributed by atoms with Gasteiger partial charge >= 0.3 is 148 Å². The Balaban J connectivity index is 2.43. The summed E-state index contributed by atoms with van der Waals surface area (Å²) in [5.41, 5.74) is 0. The number of halogens is 1. The Morgan fingerprint density at radius 3 is 2.38 bits per heavy atom. The van der Waals surface area contributed by atoms with E-state index < -0.39 is 31.7 Å². The maximum absolute atomic E-state index is 6.27. The molecule has 6 heteroatoms. The molecule has 1 aliphatic heterocycles. The predicted molar refractivity (Wildman–Crippen MR) is 86.9 cm³/mol. The Kier molecular flexibility index (Phi) is 8.70. The zero-order chi connectivity index (χ0) is 16.1. The molecule has 0 bridgehead atoms. The van der Waals surface area contributed by atoms with E-state index in [4.69, 9.17) is 22.1 Å². The van der Waals surface area contributed by atoms with Crippen LogP contribution in [-0.2, 0) is 37.2 Å². The van der Waals surface area contributed by atoms with Crippen molar-refractivity contribution in [1.29, 1.82) is 0 Å². The predicted octanol–water partition coefficient (Wildman–Crippen LogP) is 4.96. The molecule has 1 rings (SSSR count). The van der Waals surface area contributed by atoms with Crippen molar-refractivity contribution in [3.63, 3.8) is 0 Å². The van der Waals surface area contributed by atoms with Crippen LogP contribution in [0.5, 0.6) is 0 Å². The van der Waals surface area contributed by atoms with Gasteiger partial charge in [0, 0.05) is 0 Å². The van der Waals surface area contributed by atoms with Gasteiger partial charge in [0.2, 0.25) is 0 Å². The van der Waals surface area contributed by atoms with Crippen molar-refractivity contribution < 1.29 is 37.2 Å². The molecule has 21 heavy (non-hydrogen) atoms. The monoisotopic (exact) mass is 524 g/mol. The molecule has 0 aliphatic carbocycles. The fourth-order valence-corrected chi connectivity index (χ4v) is 7.80. The Morgan fingerprint density at radius 1 is 1.24 bits per heavy atom. The number of hydrogen-bond acceptors (Lipinski definition) is 3. The first-order valence-electron chi connectivity index (χ1n) is 8.20. The normalized spacial score (nSPS) is 27.5. The molecule has 0 aromatic rings. The Hall–Kier alpha value is 1.32. The molecule has 0 saturated carbocycles. The second kappa shape index (κ2) is 8.98. The molecule has 0 radical (unpaired) electrons. The van der Waals surface area contributed by atoms with Crippen LogP contribution in [0.3, 0.4) is 0 Å². The van der Waals surface area contributed by atoms with Crippen LogP contribution in [0.4, 0.5) is 0 Å². The molecule has 0 unspecified atom stereocenters. The summed E-state index contributed by atoms with van der Waals surface area (Å²) >= 11 is -1.15. The van der Waals surface area contributed by atoms with Gasteiger partial charge < -0.3 is 0 Å². The van der Waals surface area contributed by atoms with Crippen LogP contribution in [0, 0.1) is 0 Å². The molecule has 122 valence electrons. The summed E-state index contributed by atoms with van der Waals surface area (Å²) in [4.78, 5) is 0. The number of rotatable bonds is 7. The minimum atomic E-state index is -1.64. The third-order valence-corrected chi connectivity index (χ3v) is 14.5. The second-order valence-corrected chi connectivity index (χ2v) is 19.3. The second-order valence-electron chi connectivity index (χ2n) is 7.46. The van der Waals surface area contributed by atoms with Crippen LogP contribution in [0.15, 0.2) is 0 Å². The molecule has 0 aromatic heterocycles. The molecule has 1 aliphatic rings. The minimum absolute atomic E-state index is 0.0433. The van der Waals surface area contributed by atoms with E-state index in [1.54, 1.807) is 0 Å². The Labute approximate surface area is 147 Å².